The zero-order chi connectivity index (χ0) is 11.5. The fraction of sp³-hybridized carbons (Fsp3) is 0.0909. The number of benzene rings is 1. The molecular formula is C11H9NO4. The molecule has 0 spiro atoms. The van der Waals surface area contributed by atoms with Crippen LogP contribution in [0.25, 0.3) is 11.0 Å². The first kappa shape index (κ1) is 10.2. The second-order valence-corrected chi connectivity index (χ2v) is 3.09. The van der Waals surface area contributed by atoms with Gasteiger partial charge in [0.2, 0.25) is 5.88 Å². The molecule has 1 amide bonds. The van der Waals surface area contributed by atoms with Crippen molar-refractivity contribution >= 4 is 22.9 Å². The molecule has 16 heavy (non-hydrogen) atoms. The smallest absolute Gasteiger partial charge is 0.413 e. The van der Waals surface area contributed by atoms with Gasteiger partial charge in [-0.2, -0.15) is 0 Å². The predicted molar refractivity (Wildman–Crippen MR) is 58.5 cm³/mol. The maximum absolute atomic E-state index is 11.6. The lowest BCUT2D eigenvalue weighted by Gasteiger charge is -2.03. The monoisotopic (exact) mass is 219 g/mol. The average molecular weight is 219 g/mol. The van der Waals surface area contributed by atoms with E-state index in [1.54, 1.807) is 24.3 Å². The van der Waals surface area contributed by atoms with Crippen LogP contribution < -0.4 is 10.7 Å². The lowest BCUT2D eigenvalue weighted by Crippen LogP contribution is -2.13. The van der Waals surface area contributed by atoms with Gasteiger partial charge in [0, 0.05) is 6.07 Å². The van der Waals surface area contributed by atoms with Crippen LogP contribution in [0.4, 0.5) is 10.7 Å². The Morgan fingerprint density at radius 1 is 1.38 bits per heavy atom. The van der Waals surface area contributed by atoms with Crippen molar-refractivity contribution in [3.05, 3.63) is 40.6 Å². The molecule has 0 saturated heterocycles. The van der Waals surface area contributed by atoms with E-state index in [9.17, 15) is 9.59 Å². The van der Waals surface area contributed by atoms with Gasteiger partial charge in [0.15, 0.2) is 5.43 Å². The second-order valence-electron chi connectivity index (χ2n) is 3.09. The SMILES string of the molecule is COC(=O)Nc1cc(=O)c2ccccc2o1. The van der Waals surface area contributed by atoms with Gasteiger partial charge < -0.3 is 9.15 Å². The highest BCUT2D eigenvalue weighted by Gasteiger charge is 2.06. The molecule has 82 valence electrons. The molecular weight excluding hydrogens is 210 g/mol. The Bertz CT molecular complexity index is 588. The highest BCUT2D eigenvalue weighted by atomic mass is 16.5. The average Bonchev–Trinajstić information content (AvgIpc) is 2.29. The topological polar surface area (TPSA) is 68.5 Å². The van der Waals surface area contributed by atoms with E-state index in [1.165, 1.54) is 13.2 Å². The van der Waals surface area contributed by atoms with E-state index in [-0.39, 0.29) is 11.3 Å². The number of hydrogen-bond acceptors (Lipinski definition) is 4. The van der Waals surface area contributed by atoms with E-state index in [1.807, 2.05) is 0 Å². The number of rotatable bonds is 1. The lowest BCUT2D eigenvalue weighted by atomic mass is 10.2. The Balaban J connectivity index is 2.50. The van der Waals surface area contributed by atoms with Gasteiger partial charge in [0.05, 0.1) is 12.5 Å². The molecule has 1 aromatic heterocycles. The Hall–Kier alpha value is -2.30. The van der Waals surface area contributed by atoms with Crippen LogP contribution in [0.2, 0.25) is 0 Å². The minimum absolute atomic E-state index is 0.0653. The van der Waals surface area contributed by atoms with Crippen molar-refractivity contribution < 1.29 is 13.9 Å². The molecule has 0 unspecified atom stereocenters. The Kier molecular flexibility index (Phi) is 2.59. The first-order valence-electron chi connectivity index (χ1n) is 4.58. The zero-order valence-corrected chi connectivity index (χ0v) is 8.52. The molecule has 0 aliphatic carbocycles. The minimum Gasteiger partial charge on any atom is -0.453 e. The summed E-state index contributed by atoms with van der Waals surface area (Å²) in [6, 6.07) is 8.00. The largest absolute Gasteiger partial charge is 0.453 e. The van der Waals surface area contributed by atoms with Gasteiger partial charge in [-0.25, -0.2) is 4.79 Å². The first-order chi connectivity index (χ1) is 7.70. The zero-order valence-electron chi connectivity index (χ0n) is 8.52. The van der Waals surface area contributed by atoms with Gasteiger partial charge in [-0.05, 0) is 12.1 Å². The van der Waals surface area contributed by atoms with Crippen LogP contribution in [0.15, 0.2) is 39.5 Å². The molecule has 0 saturated carbocycles. The van der Waals surface area contributed by atoms with E-state index in [0.29, 0.717) is 11.0 Å². The first-order valence-corrected chi connectivity index (χ1v) is 4.58. The minimum atomic E-state index is -0.682. The van der Waals surface area contributed by atoms with Gasteiger partial charge in [-0.15, -0.1) is 0 Å². The van der Waals surface area contributed by atoms with Gasteiger partial charge in [0.25, 0.3) is 0 Å². The molecule has 1 N–H and O–H groups in total. The molecule has 0 fully saturated rings. The summed E-state index contributed by atoms with van der Waals surface area (Å²) in [5.41, 5.74) is 0.203. The number of methoxy groups -OCH3 is 1. The maximum Gasteiger partial charge on any atom is 0.413 e. The van der Waals surface area contributed by atoms with Crippen molar-refractivity contribution in [2.24, 2.45) is 0 Å². The third-order valence-electron chi connectivity index (χ3n) is 2.05. The van der Waals surface area contributed by atoms with Crippen LogP contribution in [0.5, 0.6) is 0 Å². The van der Waals surface area contributed by atoms with E-state index >= 15 is 0 Å². The van der Waals surface area contributed by atoms with E-state index in [0.717, 1.165) is 0 Å². The Labute approximate surface area is 90.6 Å². The van der Waals surface area contributed by atoms with Crippen LogP contribution in [0, 0.1) is 0 Å². The number of para-hydroxylation sites is 1. The predicted octanol–water partition coefficient (Wildman–Crippen LogP) is 1.97. The molecule has 5 heteroatoms. The van der Waals surface area contributed by atoms with Crippen LogP contribution >= 0.6 is 0 Å². The Morgan fingerprint density at radius 3 is 2.88 bits per heavy atom. The molecule has 0 aliphatic rings. The van der Waals surface area contributed by atoms with Crippen LogP contribution in [0.1, 0.15) is 0 Å². The van der Waals surface area contributed by atoms with E-state index in [2.05, 4.69) is 10.1 Å². The number of hydrogen-bond donors (Lipinski definition) is 1. The molecule has 0 atom stereocenters. The van der Waals surface area contributed by atoms with Gasteiger partial charge >= 0.3 is 6.09 Å². The molecule has 0 radical (unpaired) electrons. The summed E-state index contributed by atoms with van der Waals surface area (Å²) < 4.78 is 9.70. The van der Waals surface area contributed by atoms with Crippen molar-refractivity contribution in [1.29, 1.82) is 0 Å². The number of ether oxygens (including phenoxy) is 1. The fourth-order valence-corrected chi connectivity index (χ4v) is 1.32. The standard InChI is InChI=1S/C11H9NO4/c1-15-11(14)12-10-6-8(13)7-4-2-3-5-9(7)16-10/h2-6H,1H3,(H,12,14). The van der Waals surface area contributed by atoms with Crippen molar-refractivity contribution in [2.75, 3.05) is 12.4 Å². The summed E-state index contributed by atoms with van der Waals surface area (Å²) in [7, 11) is 1.23. The molecule has 2 rings (SSSR count). The second kappa shape index (κ2) is 4.06. The van der Waals surface area contributed by atoms with Gasteiger partial charge in [0.1, 0.15) is 5.58 Å². The van der Waals surface area contributed by atoms with Crippen molar-refractivity contribution in [3.63, 3.8) is 0 Å². The highest BCUT2D eigenvalue weighted by Crippen LogP contribution is 2.14. The highest BCUT2D eigenvalue weighted by molar-refractivity contribution is 5.84. The molecule has 2 aromatic rings. The summed E-state index contributed by atoms with van der Waals surface area (Å²) in [6.45, 7) is 0. The molecule has 0 bridgehead atoms. The van der Waals surface area contributed by atoms with Crippen LogP contribution in [0.3, 0.4) is 0 Å². The summed E-state index contributed by atoms with van der Waals surface area (Å²) in [5.74, 6) is 0.0653. The normalized spacial score (nSPS) is 10.1. The number of amides is 1. The Morgan fingerprint density at radius 2 is 2.12 bits per heavy atom. The summed E-state index contributed by atoms with van der Waals surface area (Å²) >= 11 is 0. The summed E-state index contributed by atoms with van der Waals surface area (Å²) in [4.78, 5) is 22.6. The summed E-state index contributed by atoms with van der Waals surface area (Å²) in [6.07, 6.45) is -0.682. The number of nitrogens with one attached hydrogen (secondary N) is 1. The molecule has 1 heterocycles. The van der Waals surface area contributed by atoms with Gasteiger partial charge in [-0.1, -0.05) is 12.1 Å². The number of anilines is 1. The number of carbonyl (C=O) groups excluding carboxylic acids is 1. The maximum atomic E-state index is 11.6. The van der Waals surface area contributed by atoms with Crippen LogP contribution in [-0.4, -0.2) is 13.2 Å². The van der Waals surface area contributed by atoms with E-state index in [4.69, 9.17) is 4.42 Å². The quantitative estimate of drug-likeness (QED) is 0.796. The fourth-order valence-electron chi connectivity index (χ4n) is 1.32. The number of carbonyl (C=O) groups is 1. The third-order valence-corrected chi connectivity index (χ3v) is 2.05. The van der Waals surface area contributed by atoms with Crippen LogP contribution in [-0.2, 0) is 4.74 Å². The molecule has 0 aliphatic heterocycles. The van der Waals surface area contributed by atoms with E-state index < -0.39 is 6.09 Å². The van der Waals surface area contributed by atoms with Crippen molar-refractivity contribution in [2.45, 2.75) is 0 Å². The van der Waals surface area contributed by atoms with Crippen molar-refractivity contribution in [3.8, 4) is 0 Å². The van der Waals surface area contributed by atoms with Gasteiger partial charge in [-0.3, -0.25) is 10.1 Å². The third kappa shape index (κ3) is 1.88. The summed E-state index contributed by atoms with van der Waals surface area (Å²) in [5, 5.41) is 2.77. The number of fused-ring (bicyclic) bond motifs is 1. The molecule has 5 nitrogen and oxygen atoms in total. The lowest BCUT2D eigenvalue weighted by molar-refractivity contribution is 0.186. The molecule has 1 aromatic carbocycles. The van der Waals surface area contributed by atoms with Crippen molar-refractivity contribution in [1.82, 2.24) is 0 Å².